The molecule has 0 heterocycles. The van der Waals surface area contributed by atoms with Crippen LogP contribution in [0.15, 0.2) is 79.6 Å². The molecule has 0 fully saturated rings. The van der Waals surface area contributed by atoms with Crippen LogP contribution in [0.25, 0.3) is 11.1 Å². The van der Waals surface area contributed by atoms with E-state index < -0.39 is 10.9 Å². The van der Waals surface area contributed by atoms with Crippen molar-refractivity contribution < 1.29 is 23.9 Å². The van der Waals surface area contributed by atoms with Crippen LogP contribution in [0.5, 0.6) is 17.2 Å². The van der Waals surface area contributed by atoms with Gasteiger partial charge in [-0.2, -0.15) is 0 Å². The second-order valence-corrected chi connectivity index (χ2v) is 6.83. The predicted molar refractivity (Wildman–Crippen MR) is 117 cm³/mol. The zero-order chi connectivity index (χ0) is 22.4. The molecule has 158 valence electrons. The Morgan fingerprint density at radius 2 is 1.58 bits per heavy atom. The van der Waals surface area contributed by atoms with Gasteiger partial charge in [-0.15, -0.1) is 0 Å². The van der Waals surface area contributed by atoms with Crippen LogP contribution in [0.1, 0.15) is 24.2 Å². The number of carbonyl (C=O) groups excluding carboxylic acids is 1. The third-order valence-electron chi connectivity index (χ3n) is 4.23. The van der Waals surface area contributed by atoms with Crippen molar-refractivity contribution in [1.82, 2.24) is 0 Å². The molecule has 0 aliphatic rings. The van der Waals surface area contributed by atoms with E-state index in [-0.39, 0.29) is 17.5 Å². The lowest BCUT2D eigenvalue weighted by molar-refractivity contribution is -0.386. The van der Waals surface area contributed by atoms with E-state index in [1.54, 1.807) is 74.5 Å². The zero-order valence-corrected chi connectivity index (χ0v) is 17.1. The van der Waals surface area contributed by atoms with Crippen molar-refractivity contribution in [2.45, 2.75) is 20.0 Å². The highest BCUT2D eigenvalue weighted by atomic mass is 16.6. The first-order valence-corrected chi connectivity index (χ1v) is 9.52. The molecule has 3 aromatic rings. The molecule has 0 aliphatic carbocycles. The first kappa shape index (κ1) is 21.6. The minimum absolute atomic E-state index is 0.106. The number of carbonyl (C=O) groups is 1. The number of nitro benzene ring substituents is 1. The van der Waals surface area contributed by atoms with E-state index in [2.05, 4.69) is 6.58 Å². The number of ether oxygens (including phenoxy) is 3. The average molecular weight is 419 g/mol. The lowest BCUT2D eigenvalue weighted by atomic mass is 10.0. The fourth-order valence-electron chi connectivity index (χ4n) is 2.84. The fourth-order valence-corrected chi connectivity index (χ4v) is 2.84. The van der Waals surface area contributed by atoms with Crippen LogP contribution in [-0.2, 0) is 0 Å². The third kappa shape index (κ3) is 5.48. The number of benzene rings is 3. The van der Waals surface area contributed by atoms with E-state index in [0.29, 0.717) is 22.6 Å². The molecule has 0 atom stereocenters. The summed E-state index contributed by atoms with van der Waals surface area (Å²) >= 11 is 0. The van der Waals surface area contributed by atoms with Crippen molar-refractivity contribution in [3.05, 3.63) is 95.2 Å². The maximum Gasteiger partial charge on any atom is 0.343 e. The van der Waals surface area contributed by atoms with Crippen LogP contribution in [0.2, 0.25) is 0 Å². The van der Waals surface area contributed by atoms with Gasteiger partial charge in [-0.25, -0.2) is 4.79 Å². The first-order valence-electron chi connectivity index (χ1n) is 9.52. The van der Waals surface area contributed by atoms with Crippen LogP contribution in [0.3, 0.4) is 0 Å². The molecule has 0 amide bonds. The minimum Gasteiger partial charge on any atom is -0.484 e. The van der Waals surface area contributed by atoms with Crippen LogP contribution in [0, 0.1) is 10.1 Å². The Kier molecular flexibility index (Phi) is 6.67. The molecular formula is C24H21NO6. The molecule has 0 bridgehead atoms. The Morgan fingerprint density at radius 1 is 0.968 bits per heavy atom. The van der Waals surface area contributed by atoms with Gasteiger partial charge < -0.3 is 14.2 Å². The van der Waals surface area contributed by atoms with Crippen molar-refractivity contribution in [2.75, 3.05) is 0 Å². The number of hydrogen-bond acceptors (Lipinski definition) is 6. The number of rotatable bonds is 8. The molecule has 3 aromatic carbocycles. The first-order chi connectivity index (χ1) is 14.9. The molecule has 0 unspecified atom stereocenters. The summed E-state index contributed by atoms with van der Waals surface area (Å²) in [7, 11) is 0. The Hall–Kier alpha value is -4.13. The molecule has 0 aromatic heterocycles. The van der Waals surface area contributed by atoms with E-state index in [1.165, 1.54) is 12.3 Å². The monoisotopic (exact) mass is 419 g/mol. The van der Waals surface area contributed by atoms with Gasteiger partial charge in [-0.05, 0) is 67.4 Å². The normalized spacial score (nSPS) is 10.4. The van der Waals surface area contributed by atoms with Gasteiger partial charge in [0.2, 0.25) is 0 Å². The standard InChI is InChI=1S/C24H21NO6/c1-4-29-20-10-7-18(8-11-20)24(26)31-21-12-5-17(6-13-21)19-9-14-23(30-16(2)3)22(15-19)25(27)28/h4-16H,1H2,2-3H3. The van der Waals surface area contributed by atoms with Crippen molar-refractivity contribution in [1.29, 1.82) is 0 Å². The molecule has 0 N–H and O–H groups in total. The molecule has 0 aliphatic heterocycles. The summed E-state index contributed by atoms with van der Waals surface area (Å²) < 4.78 is 16.0. The maximum absolute atomic E-state index is 12.3. The quantitative estimate of drug-likeness (QED) is 0.151. The van der Waals surface area contributed by atoms with Gasteiger partial charge in [-0.1, -0.05) is 24.8 Å². The van der Waals surface area contributed by atoms with Gasteiger partial charge in [0.05, 0.1) is 22.9 Å². The molecule has 0 radical (unpaired) electrons. The highest BCUT2D eigenvalue weighted by molar-refractivity contribution is 5.91. The van der Waals surface area contributed by atoms with Gasteiger partial charge >= 0.3 is 11.7 Å². The highest BCUT2D eigenvalue weighted by Gasteiger charge is 2.18. The average Bonchev–Trinajstić information content (AvgIpc) is 2.75. The Bertz CT molecular complexity index is 1090. The number of nitrogens with zero attached hydrogens (tertiary/aromatic N) is 1. The molecule has 3 rings (SSSR count). The summed E-state index contributed by atoms with van der Waals surface area (Å²) in [6, 6.07) is 18.0. The third-order valence-corrected chi connectivity index (χ3v) is 4.23. The van der Waals surface area contributed by atoms with Gasteiger partial charge in [0.1, 0.15) is 11.5 Å². The summed E-state index contributed by atoms with van der Waals surface area (Å²) in [6.45, 7) is 7.09. The van der Waals surface area contributed by atoms with E-state index in [9.17, 15) is 14.9 Å². The SMILES string of the molecule is C=COc1ccc(C(=O)Oc2ccc(-c3ccc(OC(C)C)c([N+](=O)[O-])c3)cc2)cc1. The maximum atomic E-state index is 12.3. The molecular weight excluding hydrogens is 398 g/mol. The van der Waals surface area contributed by atoms with Gasteiger partial charge in [-0.3, -0.25) is 10.1 Å². The predicted octanol–water partition coefficient (Wildman–Crippen LogP) is 5.79. The second-order valence-electron chi connectivity index (χ2n) is 6.83. The van der Waals surface area contributed by atoms with Crippen LogP contribution in [-0.4, -0.2) is 17.0 Å². The minimum atomic E-state index is -0.510. The van der Waals surface area contributed by atoms with Crippen molar-refractivity contribution in [2.24, 2.45) is 0 Å². The smallest absolute Gasteiger partial charge is 0.343 e. The van der Waals surface area contributed by atoms with Crippen molar-refractivity contribution in [3.8, 4) is 28.4 Å². The summed E-state index contributed by atoms with van der Waals surface area (Å²) in [5, 5.41) is 11.4. The van der Waals surface area contributed by atoms with Crippen LogP contribution in [0.4, 0.5) is 5.69 Å². The number of esters is 1. The van der Waals surface area contributed by atoms with Gasteiger partial charge in [0.15, 0.2) is 5.75 Å². The van der Waals surface area contributed by atoms with E-state index in [4.69, 9.17) is 14.2 Å². The summed E-state index contributed by atoms with van der Waals surface area (Å²) in [6.07, 6.45) is 1.12. The van der Waals surface area contributed by atoms with Crippen molar-refractivity contribution in [3.63, 3.8) is 0 Å². The lowest BCUT2D eigenvalue weighted by Gasteiger charge is -2.11. The topological polar surface area (TPSA) is 87.9 Å². The molecule has 31 heavy (non-hydrogen) atoms. The number of hydrogen-bond donors (Lipinski definition) is 0. The Labute approximate surface area is 179 Å². The summed E-state index contributed by atoms with van der Waals surface area (Å²) in [5.74, 6) is 0.631. The van der Waals surface area contributed by atoms with E-state index >= 15 is 0 Å². The van der Waals surface area contributed by atoms with Crippen molar-refractivity contribution >= 4 is 11.7 Å². The second kappa shape index (κ2) is 9.58. The number of nitro groups is 1. The zero-order valence-electron chi connectivity index (χ0n) is 17.1. The molecule has 7 nitrogen and oxygen atoms in total. The van der Waals surface area contributed by atoms with Gasteiger partial charge in [0, 0.05) is 6.07 Å². The molecule has 7 heteroatoms. The molecule has 0 saturated heterocycles. The van der Waals surface area contributed by atoms with E-state index in [1.807, 2.05) is 0 Å². The fraction of sp³-hybridized carbons (Fsp3) is 0.125. The van der Waals surface area contributed by atoms with Crippen LogP contribution >= 0.6 is 0 Å². The Morgan fingerprint density at radius 3 is 2.16 bits per heavy atom. The van der Waals surface area contributed by atoms with Gasteiger partial charge in [0.25, 0.3) is 0 Å². The highest BCUT2D eigenvalue weighted by Crippen LogP contribution is 2.33. The molecule has 0 spiro atoms. The molecule has 0 saturated carbocycles. The van der Waals surface area contributed by atoms with E-state index in [0.717, 1.165) is 5.56 Å². The summed E-state index contributed by atoms with van der Waals surface area (Å²) in [5.41, 5.74) is 1.66. The Balaban J connectivity index is 1.75. The largest absolute Gasteiger partial charge is 0.484 e. The summed E-state index contributed by atoms with van der Waals surface area (Å²) in [4.78, 5) is 23.3. The lowest BCUT2D eigenvalue weighted by Crippen LogP contribution is -2.08. The van der Waals surface area contributed by atoms with Crippen LogP contribution < -0.4 is 14.2 Å².